The molecule has 2 aliphatic rings. The van der Waals surface area contributed by atoms with Gasteiger partial charge in [0.25, 0.3) is 5.92 Å². The van der Waals surface area contributed by atoms with Crippen LogP contribution in [0.2, 0.25) is 0 Å². The lowest BCUT2D eigenvalue weighted by atomic mass is 9.93. The van der Waals surface area contributed by atoms with Crippen molar-refractivity contribution in [3.63, 3.8) is 0 Å². The van der Waals surface area contributed by atoms with Crippen molar-refractivity contribution < 1.29 is 50.2 Å². The first-order valence-corrected chi connectivity index (χ1v) is 19.0. The van der Waals surface area contributed by atoms with Gasteiger partial charge in [-0.25, -0.2) is 18.6 Å². The molecular formula is C42H39F7N8O4. The SMILES string of the molecule is C=C[C@H]1CC(F)(F)c2c1c(C(F)(F)F)nn2CC(=O)N[C@@H](Cc1cc(F)cc(F)c1)c1nc(C#CC(C)(C)O)ccc1-c1cccc2c(NC(=O)N3CCOCC3)nn(C)c12. The second-order valence-electron chi connectivity index (χ2n) is 15.3. The van der Waals surface area contributed by atoms with Gasteiger partial charge in [-0.15, -0.1) is 6.58 Å². The molecule has 320 valence electrons. The van der Waals surface area contributed by atoms with Crippen LogP contribution in [-0.2, 0) is 41.6 Å². The molecule has 1 saturated heterocycles. The minimum atomic E-state index is -5.14. The Morgan fingerprint density at radius 2 is 1.77 bits per heavy atom. The Labute approximate surface area is 344 Å². The second-order valence-corrected chi connectivity index (χ2v) is 15.3. The number of aromatic nitrogens is 5. The minimum absolute atomic E-state index is 0.0232. The molecule has 3 N–H and O–H groups in total. The number of urea groups is 1. The molecule has 3 aromatic heterocycles. The molecule has 61 heavy (non-hydrogen) atoms. The molecule has 4 heterocycles. The number of ether oxygens (including phenoxy) is 1. The quantitative estimate of drug-likeness (QED) is 0.0827. The van der Waals surface area contributed by atoms with Gasteiger partial charge in [0.1, 0.15) is 35.2 Å². The summed E-state index contributed by atoms with van der Waals surface area (Å²) in [6.07, 6.45) is -5.55. The van der Waals surface area contributed by atoms with Crippen LogP contribution in [-0.4, -0.2) is 78.4 Å². The Morgan fingerprint density at radius 3 is 2.43 bits per heavy atom. The number of amides is 3. The summed E-state index contributed by atoms with van der Waals surface area (Å²) < 4.78 is 110. The number of fused-ring (bicyclic) bond motifs is 2. The normalized spacial score (nSPS) is 16.8. The van der Waals surface area contributed by atoms with E-state index in [1.165, 1.54) is 24.6 Å². The maximum atomic E-state index is 15.4. The number of carbonyl (C=O) groups excluding carboxylic acids is 2. The number of carbonyl (C=O) groups is 2. The number of benzene rings is 2. The number of para-hydroxylation sites is 1. The zero-order valence-electron chi connectivity index (χ0n) is 33.0. The molecule has 3 amide bonds. The number of aliphatic hydroxyl groups is 1. The highest BCUT2D eigenvalue weighted by atomic mass is 19.4. The number of nitrogens with one attached hydrogen (secondary N) is 2. The number of pyridine rings is 1. The highest BCUT2D eigenvalue weighted by Crippen LogP contribution is 2.52. The van der Waals surface area contributed by atoms with Crippen molar-refractivity contribution in [2.24, 2.45) is 7.05 Å². The van der Waals surface area contributed by atoms with Gasteiger partial charge in [-0.3, -0.25) is 19.5 Å². The van der Waals surface area contributed by atoms with Crippen LogP contribution in [0, 0.1) is 23.5 Å². The van der Waals surface area contributed by atoms with Gasteiger partial charge in [0.2, 0.25) is 5.91 Å². The van der Waals surface area contributed by atoms with Crippen LogP contribution in [0.3, 0.4) is 0 Å². The van der Waals surface area contributed by atoms with Crippen LogP contribution in [0.4, 0.5) is 41.3 Å². The van der Waals surface area contributed by atoms with E-state index in [1.807, 2.05) is 0 Å². The summed E-state index contributed by atoms with van der Waals surface area (Å²) >= 11 is 0. The highest BCUT2D eigenvalue weighted by molar-refractivity contribution is 6.04. The van der Waals surface area contributed by atoms with Crippen molar-refractivity contribution in [2.75, 3.05) is 31.6 Å². The van der Waals surface area contributed by atoms with Crippen molar-refractivity contribution in [3.05, 3.63) is 107 Å². The topological polar surface area (TPSA) is 139 Å². The molecule has 1 aliphatic heterocycles. The molecule has 5 aromatic rings. The average Bonchev–Trinajstić information content (AvgIpc) is 3.82. The Hall–Kier alpha value is -6.26. The van der Waals surface area contributed by atoms with E-state index < -0.39 is 83.1 Å². The van der Waals surface area contributed by atoms with E-state index in [0.717, 1.165) is 18.2 Å². The molecule has 0 unspecified atom stereocenters. The molecule has 2 aromatic carbocycles. The monoisotopic (exact) mass is 852 g/mol. The van der Waals surface area contributed by atoms with Gasteiger partial charge < -0.3 is 20.1 Å². The lowest BCUT2D eigenvalue weighted by molar-refractivity contribution is -0.142. The Morgan fingerprint density at radius 1 is 1.07 bits per heavy atom. The van der Waals surface area contributed by atoms with Crippen molar-refractivity contribution in [3.8, 4) is 23.0 Å². The van der Waals surface area contributed by atoms with Gasteiger partial charge in [-0.1, -0.05) is 24.1 Å². The minimum Gasteiger partial charge on any atom is -0.378 e. The fourth-order valence-corrected chi connectivity index (χ4v) is 7.62. The molecule has 1 fully saturated rings. The molecule has 0 radical (unpaired) electrons. The van der Waals surface area contributed by atoms with E-state index in [4.69, 9.17) is 9.72 Å². The standard InChI is InChI=1S/C42H39F7N8O4/c1-5-24-21-41(45,46)37-33(24)36(42(47,48)49)53-57(37)22-32(58)51-31(19-23-17-25(43)20-26(44)18-23)34-28(10-9-27(50-34)11-12-40(2,3)60)29-7-6-8-30-35(29)55(4)54-38(30)52-39(59)56-13-15-61-16-14-56/h5-10,17-18,20,24,31,60H,1,13-16,19,21-22H2,2-4H3,(H,51,58)(H,52,54,59)/t24-,31-/m0/s1. The molecule has 2 atom stereocenters. The van der Waals surface area contributed by atoms with Crippen LogP contribution >= 0.6 is 0 Å². The lowest BCUT2D eigenvalue weighted by Crippen LogP contribution is -2.43. The van der Waals surface area contributed by atoms with Crippen molar-refractivity contribution in [1.82, 2.24) is 34.8 Å². The highest BCUT2D eigenvalue weighted by Gasteiger charge is 2.53. The third-order valence-electron chi connectivity index (χ3n) is 10.2. The van der Waals surface area contributed by atoms with Crippen LogP contribution < -0.4 is 10.6 Å². The number of hydrogen-bond donors (Lipinski definition) is 3. The first-order valence-electron chi connectivity index (χ1n) is 19.0. The zero-order chi connectivity index (χ0) is 44.0. The summed E-state index contributed by atoms with van der Waals surface area (Å²) in [4.78, 5) is 33.5. The molecule has 12 nitrogen and oxygen atoms in total. The predicted molar refractivity (Wildman–Crippen MR) is 208 cm³/mol. The number of anilines is 1. The largest absolute Gasteiger partial charge is 0.435 e. The van der Waals surface area contributed by atoms with Crippen LogP contribution in [0.1, 0.15) is 66.1 Å². The molecule has 0 saturated carbocycles. The maximum absolute atomic E-state index is 15.4. The summed E-state index contributed by atoms with van der Waals surface area (Å²) in [5, 5.41) is 24.4. The van der Waals surface area contributed by atoms with Gasteiger partial charge in [-0.2, -0.15) is 32.1 Å². The number of nitrogens with zero attached hydrogens (tertiary/aromatic N) is 6. The summed E-state index contributed by atoms with van der Waals surface area (Å²) in [5.41, 5.74) is -3.52. The Kier molecular flexibility index (Phi) is 11.5. The van der Waals surface area contributed by atoms with Gasteiger partial charge >= 0.3 is 12.2 Å². The summed E-state index contributed by atoms with van der Waals surface area (Å²) in [7, 11) is 1.63. The van der Waals surface area contributed by atoms with Crippen molar-refractivity contribution in [2.45, 2.75) is 62.9 Å². The fraction of sp³-hybridized carbons (Fsp3) is 0.357. The number of hydrogen-bond acceptors (Lipinski definition) is 7. The van der Waals surface area contributed by atoms with Gasteiger partial charge in [-0.05, 0) is 62.1 Å². The van der Waals surface area contributed by atoms with E-state index >= 15 is 8.78 Å². The first kappa shape index (κ1) is 42.8. The van der Waals surface area contributed by atoms with E-state index in [1.54, 1.807) is 36.2 Å². The van der Waals surface area contributed by atoms with Crippen LogP contribution in [0.25, 0.3) is 22.0 Å². The van der Waals surface area contributed by atoms with Crippen LogP contribution in [0.5, 0.6) is 0 Å². The van der Waals surface area contributed by atoms with E-state index in [0.29, 0.717) is 59.1 Å². The van der Waals surface area contributed by atoms with Crippen molar-refractivity contribution >= 4 is 28.7 Å². The maximum Gasteiger partial charge on any atom is 0.435 e. The number of alkyl halides is 5. The number of allylic oxidation sites excluding steroid dienone is 1. The molecule has 0 spiro atoms. The number of morpholine rings is 1. The molecular weight excluding hydrogens is 813 g/mol. The Balaban J connectivity index is 1.35. The first-order chi connectivity index (χ1) is 28.7. The smallest absolute Gasteiger partial charge is 0.378 e. The van der Waals surface area contributed by atoms with E-state index in [2.05, 4.69) is 39.3 Å². The number of rotatable bonds is 9. The number of halogens is 7. The molecule has 1 aliphatic carbocycles. The lowest BCUT2D eigenvalue weighted by Gasteiger charge is -2.26. The molecule has 7 rings (SSSR count). The summed E-state index contributed by atoms with van der Waals surface area (Å²) in [6.45, 7) is 6.66. The fourth-order valence-electron chi connectivity index (χ4n) is 7.62. The summed E-state index contributed by atoms with van der Waals surface area (Å²) in [5.74, 6) is -2.54. The van der Waals surface area contributed by atoms with Crippen molar-refractivity contribution in [1.29, 1.82) is 0 Å². The average molecular weight is 853 g/mol. The van der Waals surface area contributed by atoms with E-state index in [-0.39, 0.29) is 29.2 Å². The molecule has 0 bridgehead atoms. The van der Waals surface area contributed by atoms with Gasteiger partial charge in [0.05, 0.1) is 30.5 Å². The second kappa shape index (κ2) is 16.3. The van der Waals surface area contributed by atoms with E-state index in [9.17, 15) is 36.6 Å². The summed E-state index contributed by atoms with van der Waals surface area (Å²) in [6, 6.07) is 9.12. The molecule has 19 heteroatoms. The predicted octanol–water partition coefficient (Wildman–Crippen LogP) is 6.98. The third-order valence-corrected chi connectivity index (χ3v) is 10.2. The third kappa shape index (κ3) is 9.10. The van der Waals surface area contributed by atoms with Gasteiger partial charge in [0, 0.05) is 60.6 Å². The number of aryl methyl sites for hydroxylation is 1. The van der Waals surface area contributed by atoms with Gasteiger partial charge in [0.15, 0.2) is 11.5 Å². The zero-order valence-corrected chi connectivity index (χ0v) is 33.0. The Bertz CT molecular complexity index is 2580. The van der Waals surface area contributed by atoms with Crippen LogP contribution in [0.15, 0.2) is 61.2 Å².